The van der Waals surface area contributed by atoms with Crippen LogP contribution in [-0.2, 0) is 11.3 Å². The number of thioether (sulfide) groups is 1. The van der Waals surface area contributed by atoms with Crippen molar-refractivity contribution in [3.05, 3.63) is 53.6 Å². The van der Waals surface area contributed by atoms with Gasteiger partial charge in [0.2, 0.25) is 0 Å². The Morgan fingerprint density at radius 1 is 1.16 bits per heavy atom. The Morgan fingerprint density at radius 2 is 1.97 bits per heavy atom. The standard InChI is InChI=1S/C24H27N3O4S/c1-16-6-11-22(30-3)20(13-16)21(28)15-32-24-26-25-23(17-7-9-18(29-2)10-8-17)27(24)14-19-5-4-12-31-19/h6-11,13,19H,4-5,12,14-15H2,1-3H3. The first-order valence-electron chi connectivity index (χ1n) is 10.6. The van der Waals surface area contributed by atoms with Crippen LogP contribution in [0.2, 0.25) is 0 Å². The fourth-order valence-electron chi connectivity index (χ4n) is 3.75. The van der Waals surface area contributed by atoms with Gasteiger partial charge in [-0.3, -0.25) is 9.36 Å². The Balaban J connectivity index is 1.58. The highest BCUT2D eigenvalue weighted by Crippen LogP contribution is 2.29. The van der Waals surface area contributed by atoms with E-state index in [1.807, 2.05) is 49.4 Å². The number of benzene rings is 2. The Kier molecular flexibility index (Phi) is 7.12. The van der Waals surface area contributed by atoms with Gasteiger partial charge in [-0.05, 0) is 56.2 Å². The van der Waals surface area contributed by atoms with Gasteiger partial charge in [0.15, 0.2) is 16.8 Å². The number of aryl methyl sites for hydroxylation is 1. The monoisotopic (exact) mass is 453 g/mol. The van der Waals surface area contributed by atoms with Crippen molar-refractivity contribution in [2.24, 2.45) is 0 Å². The number of aromatic nitrogens is 3. The van der Waals surface area contributed by atoms with E-state index in [0.717, 1.165) is 42.1 Å². The molecule has 1 unspecified atom stereocenters. The van der Waals surface area contributed by atoms with Crippen molar-refractivity contribution in [3.63, 3.8) is 0 Å². The minimum absolute atomic E-state index is 0.00628. The van der Waals surface area contributed by atoms with E-state index >= 15 is 0 Å². The van der Waals surface area contributed by atoms with Crippen molar-refractivity contribution in [2.45, 2.75) is 37.6 Å². The zero-order valence-electron chi connectivity index (χ0n) is 18.5. The molecule has 0 aliphatic carbocycles. The van der Waals surface area contributed by atoms with E-state index in [2.05, 4.69) is 14.8 Å². The van der Waals surface area contributed by atoms with E-state index < -0.39 is 0 Å². The number of hydrogen-bond acceptors (Lipinski definition) is 7. The van der Waals surface area contributed by atoms with Gasteiger partial charge in [-0.2, -0.15) is 0 Å². The third-order valence-corrected chi connectivity index (χ3v) is 6.43. The lowest BCUT2D eigenvalue weighted by atomic mass is 10.1. The van der Waals surface area contributed by atoms with Crippen molar-refractivity contribution in [1.82, 2.24) is 14.8 Å². The summed E-state index contributed by atoms with van der Waals surface area (Å²) in [4.78, 5) is 13.0. The highest BCUT2D eigenvalue weighted by molar-refractivity contribution is 7.99. The fraction of sp³-hybridized carbons (Fsp3) is 0.375. The zero-order chi connectivity index (χ0) is 22.5. The maximum atomic E-state index is 13.0. The number of carbonyl (C=O) groups excluding carboxylic acids is 1. The average molecular weight is 454 g/mol. The molecular formula is C24H27N3O4S. The molecule has 2 heterocycles. The average Bonchev–Trinajstić information content (AvgIpc) is 3.48. The van der Waals surface area contributed by atoms with Crippen molar-refractivity contribution in [1.29, 1.82) is 0 Å². The maximum absolute atomic E-state index is 13.0. The third kappa shape index (κ3) is 4.97. The molecule has 1 aromatic heterocycles. The molecule has 0 saturated carbocycles. The van der Waals surface area contributed by atoms with E-state index in [0.29, 0.717) is 23.0 Å². The molecule has 2 aromatic carbocycles. The van der Waals surface area contributed by atoms with Crippen molar-refractivity contribution >= 4 is 17.5 Å². The van der Waals surface area contributed by atoms with Gasteiger partial charge >= 0.3 is 0 Å². The summed E-state index contributed by atoms with van der Waals surface area (Å²) in [7, 11) is 3.22. The topological polar surface area (TPSA) is 75.5 Å². The van der Waals surface area contributed by atoms with Gasteiger partial charge in [0.05, 0.1) is 38.2 Å². The lowest BCUT2D eigenvalue weighted by Crippen LogP contribution is -2.17. The molecule has 1 aliphatic rings. The molecule has 0 radical (unpaired) electrons. The van der Waals surface area contributed by atoms with Crippen LogP contribution < -0.4 is 9.47 Å². The third-order valence-electron chi connectivity index (χ3n) is 5.46. The molecule has 0 amide bonds. The number of ether oxygens (including phenoxy) is 3. The minimum atomic E-state index is -0.00628. The number of hydrogen-bond donors (Lipinski definition) is 0. The molecule has 3 aromatic rings. The molecule has 32 heavy (non-hydrogen) atoms. The summed E-state index contributed by atoms with van der Waals surface area (Å²) in [5, 5.41) is 9.55. The Bertz CT molecular complexity index is 1080. The van der Waals surface area contributed by atoms with Crippen LogP contribution >= 0.6 is 11.8 Å². The molecule has 0 bridgehead atoms. The smallest absolute Gasteiger partial charge is 0.192 e. The Morgan fingerprint density at radius 3 is 2.66 bits per heavy atom. The minimum Gasteiger partial charge on any atom is -0.497 e. The number of Topliss-reactive ketones (excluding diaryl/α,β-unsaturated/α-hetero) is 1. The number of methoxy groups -OCH3 is 2. The summed E-state index contributed by atoms with van der Waals surface area (Å²) in [6.45, 7) is 3.39. The summed E-state index contributed by atoms with van der Waals surface area (Å²) in [5.41, 5.74) is 2.54. The highest BCUT2D eigenvalue weighted by Gasteiger charge is 2.23. The van der Waals surface area contributed by atoms with Gasteiger partial charge < -0.3 is 14.2 Å². The highest BCUT2D eigenvalue weighted by atomic mass is 32.2. The van der Waals surface area contributed by atoms with E-state index in [1.54, 1.807) is 14.2 Å². The van der Waals surface area contributed by atoms with Crippen molar-refractivity contribution in [2.75, 3.05) is 26.6 Å². The molecular weight excluding hydrogens is 426 g/mol. The quantitative estimate of drug-likeness (QED) is 0.351. The second-order valence-electron chi connectivity index (χ2n) is 7.70. The largest absolute Gasteiger partial charge is 0.497 e. The van der Waals surface area contributed by atoms with Crippen LogP contribution in [0.3, 0.4) is 0 Å². The number of ketones is 1. The van der Waals surface area contributed by atoms with Gasteiger partial charge in [-0.15, -0.1) is 10.2 Å². The second-order valence-corrected chi connectivity index (χ2v) is 8.64. The van der Waals surface area contributed by atoms with Crippen LogP contribution in [0, 0.1) is 6.92 Å². The summed E-state index contributed by atoms with van der Waals surface area (Å²) in [5.74, 6) is 2.36. The fourth-order valence-corrected chi connectivity index (χ4v) is 4.58. The molecule has 0 spiro atoms. The van der Waals surface area contributed by atoms with Crippen molar-refractivity contribution < 1.29 is 19.0 Å². The Hall–Kier alpha value is -2.84. The molecule has 1 aliphatic heterocycles. The normalized spacial score (nSPS) is 15.7. The lowest BCUT2D eigenvalue weighted by Gasteiger charge is -2.15. The van der Waals surface area contributed by atoms with E-state index in [9.17, 15) is 4.79 Å². The number of rotatable bonds is 9. The molecule has 4 rings (SSSR count). The maximum Gasteiger partial charge on any atom is 0.192 e. The predicted octanol–water partition coefficient (Wildman–Crippen LogP) is 4.42. The number of nitrogens with zero attached hydrogens (tertiary/aromatic N) is 3. The first-order valence-corrected chi connectivity index (χ1v) is 11.6. The van der Waals surface area contributed by atoms with Gasteiger partial charge in [0, 0.05) is 12.2 Å². The molecule has 1 saturated heterocycles. The number of carbonyl (C=O) groups is 1. The van der Waals surface area contributed by atoms with Gasteiger partial charge in [-0.1, -0.05) is 23.4 Å². The summed E-state index contributed by atoms with van der Waals surface area (Å²) in [6, 6.07) is 13.4. The Labute approximate surface area is 192 Å². The molecule has 8 heteroatoms. The van der Waals surface area contributed by atoms with Crippen LogP contribution in [0.25, 0.3) is 11.4 Å². The van der Waals surface area contributed by atoms with Gasteiger partial charge in [-0.25, -0.2) is 0 Å². The molecule has 1 fully saturated rings. The van der Waals surface area contributed by atoms with E-state index in [1.165, 1.54) is 11.8 Å². The zero-order valence-corrected chi connectivity index (χ0v) is 19.4. The molecule has 1 atom stereocenters. The van der Waals surface area contributed by atoms with Gasteiger partial charge in [0.25, 0.3) is 0 Å². The summed E-state index contributed by atoms with van der Waals surface area (Å²) < 4.78 is 18.6. The van der Waals surface area contributed by atoms with Crippen LogP contribution in [0.5, 0.6) is 11.5 Å². The predicted molar refractivity (Wildman–Crippen MR) is 124 cm³/mol. The molecule has 168 valence electrons. The van der Waals surface area contributed by atoms with Gasteiger partial charge in [0.1, 0.15) is 11.5 Å². The summed E-state index contributed by atoms with van der Waals surface area (Å²) >= 11 is 1.39. The van der Waals surface area contributed by atoms with E-state index in [4.69, 9.17) is 14.2 Å². The van der Waals surface area contributed by atoms with Crippen LogP contribution in [0.15, 0.2) is 47.6 Å². The second kappa shape index (κ2) is 10.2. The van der Waals surface area contributed by atoms with Crippen LogP contribution in [0.1, 0.15) is 28.8 Å². The van der Waals surface area contributed by atoms with Crippen molar-refractivity contribution in [3.8, 4) is 22.9 Å². The first kappa shape index (κ1) is 22.4. The lowest BCUT2D eigenvalue weighted by molar-refractivity contribution is 0.0953. The van der Waals surface area contributed by atoms with Crippen LogP contribution in [0.4, 0.5) is 0 Å². The molecule has 7 nitrogen and oxygen atoms in total. The first-order chi connectivity index (χ1) is 15.6. The molecule has 0 N–H and O–H groups in total. The van der Waals surface area contributed by atoms with Crippen LogP contribution in [-0.4, -0.2) is 53.2 Å². The SMILES string of the molecule is COc1ccc(-c2nnc(SCC(=O)c3cc(C)ccc3OC)n2CC2CCCO2)cc1. The summed E-state index contributed by atoms with van der Waals surface area (Å²) in [6.07, 6.45) is 2.18. The van der Waals surface area contributed by atoms with E-state index in [-0.39, 0.29) is 17.6 Å².